The van der Waals surface area contributed by atoms with Crippen LogP contribution in [0.2, 0.25) is 0 Å². The minimum atomic E-state index is -0.0825. The van der Waals surface area contributed by atoms with E-state index in [1.165, 1.54) is 5.56 Å². The molecule has 0 spiro atoms. The molecule has 0 fully saturated rings. The van der Waals surface area contributed by atoms with Crippen molar-refractivity contribution in [3.63, 3.8) is 0 Å². The summed E-state index contributed by atoms with van der Waals surface area (Å²) in [4.78, 5) is 0. The van der Waals surface area contributed by atoms with Crippen LogP contribution in [0, 0.1) is 5.92 Å². The average Bonchev–Trinajstić information content (AvgIpc) is 2.07. The van der Waals surface area contributed by atoms with Crippen molar-refractivity contribution in [2.24, 2.45) is 5.92 Å². The zero-order valence-electron chi connectivity index (χ0n) is 9.00. The number of hydrogen-bond acceptors (Lipinski definition) is 2. The molecule has 2 nitrogen and oxygen atoms in total. The van der Waals surface area contributed by atoms with Gasteiger partial charge >= 0.3 is 0 Å². The number of nitrogen functional groups attached to an aromatic ring is 1. The van der Waals surface area contributed by atoms with Gasteiger partial charge in [0.15, 0.2) is 0 Å². The molecule has 2 rings (SSSR count). The maximum absolute atomic E-state index is 5.93. The van der Waals surface area contributed by atoms with E-state index in [0.717, 1.165) is 17.9 Å². The number of hydrogen-bond donors (Lipinski definition) is 1. The molecule has 1 heterocycles. The highest BCUT2D eigenvalue weighted by Gasteiger charge is 2.33. The molecule has 0 amide bonds. The van der Waals surface area contributed by atoms with Gasteiger partial charge in [-0.2, -0.15) is 0 Å². The van der Waals surface area contributed by atoms with Gasteiger partial charge in [-0.15, -0.1) is 0 Å². The number of fused-ring (bicyclic) bond motifs is 1. The third-order valence-corrected chi connectivity index (χ3v) is 3.18. The fourth-order valence-electron chi connectivity index (χ4n) is 1.79. The second-order valence-corrected chi connectivity index (χ2v) is 4.68. The van der Waals surface area contributed by atoms with Crippen LogP contribution in [0.15, 0.2) is 18.2 Å². The molecule has 76 valence electrons. The van der Waals surface area contributed by atoms with Gasteiger partial charge in [-0.3, -0.25) is 0 Å². The van der Waals surface area contributed by atoms with E-state index in [9.17, 15) is 0 Å². The lowest BCUT2D eigenvalue weighted by molar-refractivity contribution is 0.0355. The Morgan fingerprint density at radius 3 is 2.86 bits per heavy atom. The van der Waals surface area contributed by atoms with Crippen LogP contribution in [0.3, 0.4) is 0 Å². The summed E-state index contributed by atoms with van der Waals surface area (Å²) in [6.07, 6.45) is 1.07. The molecule has 1 aliphatic heterocycles. The van der Waals surface area contributed by atoms with E-state index >= 15 is 0 Å². The normalized spacial score (nSPS) is 23.8. The summed E-state index contributed by atoms with van der Waals surface area (Å²) >= 11 is 0. The second kappa shape index (κ2) is 2.91. The lowest BCUT2D eigenvalue weighted by Crippen LogP contribution is -2.40. The van der Waals surface area contributed by atoms with Crippen molar-refractivity contribution in [2.75, 3.05) is 5.73 Å². The van der Waals surface area contributed by atoms with Crippen LogP contribution in [-0.2, 0) is 6.42 Å². The number of benzene rings is 1. The van der Waals surface area contributed by atoms with Gasteiger partial charge in [0.25, 0.3) is 0 Å². The molecule has 14 heavy (non-hydrogen) atoms. The molecule has 0 saturated heterocycles. The first kappa shape index (κ1) is 9.38. The van der Waals surface area contributed by atoms with Gasteiger partial charge in [0, 0.05) is 11.8 Å². The Labute approximate surface area is 85.1 Å². The van der Waals surface area contributed by atoms with E-state index in [-0.39, 0.29) is 5.60 Å². The third kappa shape index (κ3) is 1.45. The molecular formula is C12H17NO. The Kier molecular flexibility index (Phi) is 1.95. The summed E-state index contributed by atoms with van der Waals surface area (Å²) in [6.45, 7) is 6.48. The second-order valence-electron chi connectivity index (χ2n) is 4.68. The molecule has 0 aliphatic carbocycles. The van der Waals surface area contributed by atoms with E-state index < -0.39 is 0 Å². The SMILES string of the molecule is C[C@@H]1Cc2ccc(N)cc2OC1(C)C. The molecule has 1 aliphatic rings. The molecule has 1 atom stereocenters. The van der Waals surface area contributed by atoms with E-state index in [2.05, 4.69) is 26.8 Å². The molecule has 0 aromatic heterocycles. The van der Waals surface area contributed by atoms with Crippen LogP contribution >= 0.6 is 0 Å². The van der Waals surface area contributed by atoms with Crippen LogP contribution in [0.4, 0.5) is 5.69 Å². The Morgan fingerprint density at radius 2 is 2.14 bits per heavy atom. The van der Waals surface area contributed by atoms with Crippen LogP contribution in [-0.4, -0.2) is 5.60 Å². The predicted octanol–water partition coefficient (Wildman–Crippen LogP) is 2.62. The quantitative estimate of drug-likeness (QED) is 0.640. The first-order chi connectivity index (χ1) is 6.49. The monoisotopic (exact) mass is 191 g/mol. The van der Waals surface area contributed by atoms with E-state index in [1.54, 1.807) is 0 Å². The Balaban J connectivity index is 2.41. The van der Waals surface area contributed by atoms with Gasteiger partial charge in [0.1, 0.15) is 11.4 Å². The van der Waals surface area contributed by atoms with Crippen LogP contribution < -0.4 is 10.5 Å². The Morgan fingerprint density at radius 1 is 1.43 bits per heavy atom. The zero-order chi connectivity index (χ0) is 10.3. The Hall–Kier alpha value is -1.18. The summed E-state index contributed by atoms with van der Waals surface area (Å²) in [5.74, 6) is 1.49. The van der Waals surface area contributed by atoms with Crippen LogP contribution in [0.5, 0.6) is 5.75 Å². The molecule has 1 aromatic carbocycles. The van der Waals surface area contributed by atoms with Crippen molar-refractivity contribution in [3.05, 3.63) is 23.8 Å². The number of anilines is 1. The van der Waals surface area contributed by atoms with E-state index in [4.69, 9.17) is 10.5 Å². The molecule has 0 radical (unpaired) electrons. The summed E-state index contributed by atoms with van der Waals surface area (Å²) in [5.41, 5.74) is 7.68. The highest BCUT2D eigenvalue weighted by atomic mass is 16.5. The molecule has 2 N–H and O–H groups in total. The van der Waals surface area contributed by atoms with Crippen molar-refractivity contribution in [1.82, 2.24) is 0 Å². The highest BCUT2D eigenvalue weighted by molar-refractivity contribution is 5.49. The summed E-state index contributed by atoms with van der Waals surface area (Å²) < 4.78 is 5.93. The molecular weight excluding hydrogens is 174 g/mol. The first-order valence-corrected chi connectivity index (χ1v) is 5.06. The van der Waals surface area contributed by atoms with Gasteiger partial charge in [-0.1, -0.05) is 13.0 Å². The molecule has 0 bridgehead atoms. The number of rotatable bonds is 0. The zero-order valence-corrected chi connectivity index (χ0v) is 9.00. The summed E-state index contributed by atoms with van der Waals surface area (Å²) in [5, 5.41) is 0. The largest absolute Gasteiger partial charge is 0.487 e. The van der Waals surface area contributed by atoms with Crippen molar-refractivity contribution in [1.29, 1.82) is 0 Å². The van der Waals surface area contributed by atoms with E-state index in [0.29, 0.717) is 5.92 Å². The number of nitrogens with two attached hydrogens (primary N) is 1. The van der Waals surface area contributed by atoms with Crippen molar-refractivity contribution >= 4 is 5.69 Å². The molecule has 1 aromatic rings. The average molecular weight is 191 g/mol. The van der Waals surface area contributed by atoms with Crippen molar-refractivity contribution < 1.29 is 4.74 Å². The molecule has 0 unspecified atom stereocenters. The minimum Gasteiger partial charge on any atom is -0.487 e. The van der Waals surface area contributed by atoms with Crippen molar-refractivity contribution in [2.45, 2.75) is 32.8 Å². The minimum absolute atomic E-state index is 0.0825. The lowest BCUT2D eigenvalue weighted by atomic mass is 9.84. The van der Waals surface area contributed by atoms with Gasteiger partial charge in [0.2, 0.25) is 0 Å². The fourth-order valence-corrected chi connectivity index (χ4v) is 1.79. The third-order valence-electron chi connectivity index (χ3n) is 3.18. The van der Waals surface area contributed by atoms with Gasteiger partial charge < -0.3 is 10.5 Å². The van der Waals surface area contributed by atoms with Crippen LogP contribution in [0.25, 0.3) is 0 Å². The topological polar surface area (TPSA) is 35.2 Å². The summed E-state index contributed by atoms with van der Waals surface area (Å²) in [6, 6.07) is 5.92. The maximum Gasteiger partial charge on any atom is 0.125 e. The first-order valence-electron chi connectivity index (χ1n) is 5.06. The van der Waals surface area contributed by atoms with Crippen LogP contribution in [0.1, 0.15) is 26.3 Å². The summed E-state index contributed by atoms with van der Waals surface area (Å²) in [7, 11) is 0. The van der Waals surface area contributed by atoms with Gasteiger partial charge in [0.05, 0.1) is 0 Å². The van der Waals surface area contributed by atoms with E-state index in [1.807, 2.05) is 12.1 Å². The predicted molar refractivity (Wildman–Crippen MR) is 58.4 cm³/mol. The lowest BCUT2D eigenvalue weighted by Gasteiger charge is -2.38. The van der Waals surface area contributed by atoms with Gasteiger partial charge in [-0.05, 0) is 37.8 Å². The van der Waals surface area contributed by atoms with Crippen molar-refractivity contribution in [3.8, 4) is 5.75 Å². The molecule has 2 heteroatoms. The standard InChI is InChI=1S/C12H17NO/c1-8-6-9-4-5-10(13)7-11(9)14-12(8,2)3/h4-5,7-8H,6,13H2,1-3H3/t8-/m1/s1. The number of ether oxygens (including phenoxy) is 1. The van der Waals surface area contributed by atoms with Gasteiger partial charge in [-0.25, -0.2) is 0 Å². The fraction of sp³-hybridized carbons (Fsp3) is 0.500. The smallest absolute Gasteiger partial charge is 0.125 e. The molecule has 0 saturated carbocycles. The Bertz CT molecular complexity index is 357. The maximum atomic E-state index is 5.93. The highest BCUT2D eigenvalue weighted by Crippen LogP contribution is 2.37.